The Bertz CT molecular complexity index is 1420. The van der Waals surface area contributed by atoms with Crippen molar-refractivity contribution >= 4 is 11.0 Å². The minimum Gasteiger partial charge on any atom is -0.507 e. The molecular weight excluding hydrogens is 426 g/mol. The molecule has 33 heavy (non-hydrogen) atoms. The Kier molecular flexibility index (Phi) is 5.69. The summed E-state index contributed by atoms with van der Waals surface area (Å²) < 4.78 is 31.2. The topological polar surface area (TPSA) is 80.9 Å². The van der Waals surface area contributed by atoms with E-state index in [9.17, 15) is 14.3 Å². The smallest absolute Gasteiger partial charge is 0.354 e. The van der Waals surface area contributed by atoms with Gasteiger partial charge in [-0.1, -0.05) is 33.8 Å². The summed E-state index contributed by atoms with van der Waals surface area (Å²) >= 11 is 0. The average Bonchev–Trinajstić information content (AvgIpc) is 2.74. The lowest BCUT2D eigenvalue weighted by molar-refractivity contribution is 0.470. The minimum atomic E-state index is -0.830. The van der Waals surface area contributed by atoms with E-state index in [1.165, 1.54) is 22.8 Å². The molecule has 170 valence electrons. The number of hydrogen-bond donors (Lipinski definition) is 1. The number of rotatable bonds is 4. The SMILES string of the molecule is Cc1ccnc(C(C)C)c1-n1c(=O)nc(C(C)C)c2cc(F)c(-c3c(O)cccc3F)nc21. The van der Waals surface area contributed by atoms with Crippen LogP contribution in [0.25, 0.3) is 28.0 Å². The fourth-order valence-corrected chi connectivity index (χ4v) is 3.99. The first-order chi connectivity index (χ1) is 15.6. The lowest BCUT2D eigenvalue weighted by Crippen LogP contribution is -2.27. The van der Waals surface area contributed by atoms with Crippen LogP contribution in [0.4, 0.5) is 8.78 Å². The standard InChI is InChI=1S/C25H24F2N4O2/c1-12(2)20-15-11-17(27)22(19-16(26)7-6-8-18(19)32)29-24(15)31(25(33)30-20)23-14(5)9-10-28-21(23)13(3)4/h6-13,32H,1-5H3. The van der Waals surface area contributed by atoms with Gasteiger partial charge in [-0.05, 0) is 48.6 Å². The van der Waals surface area contributed by atoms with Crippen molar-refractivity contribution < 1.29 is 13.9 Å². The van der Waals surface area contributed by atoms with Crippen LogP contribution in [0, 0.1) is 18.6 Å². The van der Waals surface area contributed by atoms with Crippen LogP contribution in [-0.2, 0) is 0 Å². The molecule has 0 atom stereocenters. The van der Waals surface area contributed by atoms with E-state index in [0.29, 0.717) is 22.5 Å². The van der Waals surface area contributed by atoms with E-state index in [-0.39, 0.29) is 28.7 Å². The van der Waals surface area contributed by atoms with Crippen molar-refractivity contribution in [1.29, 1.82) is 0 Å². The van der Waals surface area contributed by atoms with Gasteiger partial charge in [-0.2, -0.15) is 4.98 Å². The molecule has 1 N–H and O–H groups in total. The highest BCUT2D eigenvalue weighted by molar-refractivity contribution is 5.84. The second-order valence-electron chi connectivity index (χ2n) is 8.61. The van der Waals surface area contributed by atoms with Crippen LogP contribution in [0.1, 0.15) is 56.5 Å². The third kappa shape index (κ3) is 3.75. The molecule has 0 radical (unpaired) electrons. The van der Waals surface area contributed by atoms with Gasteiger partial charge in [0.05, 0.1) is 22.6 Å². The van der Waals surface area contributed by atoms with Crippen LogP contribution in [-0.4, -0.2) is 24.6 Å². The quantitative estimate of drug-likeness (QED) is 0.451. The summed E-state index contributed by atoms with van der Waals surface area (Å²) in [7, 11) is 0. The number of halogens is 2. The molecule has 0 unspecified atom stereocenters. The van der Waals surface area contributed by atoms with Crippen LogP contribution in [0.2, 0.25) is 0 Å². The maximum Gasteiger partial charge on any atom is 0.354 e. The summed E-state index contributed by atoms with van der Waals surface area (Å²) in [6, 6.07) is 6.65. The highest BCUT2D eigenvalue weighted by Crippen LogP contribution is 2.35. The van der Waals surface area contributed by atoms with Crippen LogP contribution in [0.5, 0.6) is 5.75 Å². The Morgan fingerprint density at radius 3 is 2.30 bits per heavy atom. The van der Waals surface area contributed by atoms with Crippen LogP contribution in [0.3, 0.4) is 0 Å². The van der Waals surface area contributed by atoms with E-state index < -0.39 is 23.1 Å². The Labute approximate surface area is 189 Å². The van der Waals surface area contributed by atoms with Crippen molar-refractivity contribution in [2.24, 2.45) is 0 Å². The molecule has 1 aromatic carbocycles. The Balaban J connectivity index is 2.22. The van der Waals surface area contributed by atoms with Crippen molar-refractivity contribution in [2.75, 3.05) is 0 Å². The zero-order valence-corrected chi connectivity index (χ0v) is 19.0. The zero-order valence-electron chi connectivity index (χ0n) is 19.0. The number of phenolic OH excluding ortho intramolecular Hbond substituents is 1. The monoisotopic (exact) mass is 450 g/mol. The second-order valence-corrected chi connectivity index (χ2v) is 8.61. The molecular formula is C25H24F2N4O2. The van der Waals surface area contributed by atoms with Gasteiger partial charge < -0.3 is 5.11 Å². The molecule has 0 aliphatic carbocycles. The average molecular weight is 450 g/mol. The molecule has 0 saturated carbocycles. The molecule has 6 nitrogen and oxygen atoms in total. The molecule has 0 saturated heterocycles. The maximum atomic E-state index is 15.3. The molecule has 4 rings (SSSR count). The Hall–Kier alpha value is -3.68. The molecule has 3 aromatic heterocycles. The number of phenols is 1. The highest BCUT2D eigenvalue weighted by atomic mass is 19.1. The molecule has 8 heteroatoms. The van der Waals surface area contributed by atoms with Gasteiger partial charge in [-0.3, -0.25) is 4.98 Å². The number of fused-ring (bicyclic) bond motifs is 1. The van der Waals surface area contributed by atoms with E-state index >= 15 is 4.39 Å². The summed E-state index contributed by atoms with van der Waals surface area (Å²) in [4.78, 5) is 26.4. The first-order valence-electron chi connectivity index (χ1n) is 10.7. The summed E-state index contributed by atoms with van der Waals surface area (Å²) in [6.45, 7) is 9.42. The number of pyridine rings is 2. The number of aromatic nitrogens is 4. The van der Waals surface area contributed by atoms with E-state index in [4.69, 9.17) is 0 Å². The minimum absolute atomic E-state index is 0.0258. The Morgan fingerprint density at radius 1 is 0.970 bits per heavy atom. The summed E-state index contributed by atoms with van der Waals surface area (Å²) in [6.07, 6.45) is 1.66. The van der Waals surface area contributed by atoms with Gasteiger partial charge in [0.1, 0.15) is 17.3 Å². The van der Waals surface area contributed by atoms with Crippen molar-refractivity contribution in [2.45, 2.75) is 46.5 Å². The third-order valence-electron chi connectivity index (χ3n) is 5.55. The molecule has 0 aliphatic heterocycles. The van der Waals surface area contributed by atoms with Gasteiger partial charge in [0, 0.05) is 11.6 Å². The number of nitrogens with zero attached hydrogens (tertiary/aromatic N) is 4. The predicted octanol–water partition coefficient (Wildman–Crippen LogP) is 5.38. The van der Waals surface area contributed by atoms with Crippen molar-refractivity contribution in [3.05, 3.63) is 75.6 Å². The summed E-state index contributed by atoms with van der Waals surface area (Å²) in [5.41, 5.74) is 1.08. The number of hydrogen-bond acceptors (Lipinski definition) is 5. The normalized spacial score (nSPS) is 11.7. The molecule has 0 amide bonds. The van der Waals surface area contributed by atoms with Crippen LogP contribution >= 0.6 is 0 Å². The van der Waals surface area contributed by atoms with Crippen molar-refractivity contribution in [3.8, 4) is 22.7 Å². The molecule has 3 heterocycles. The first-order valence-corrected chi connectivity index (χ1v) is 10.7. The van der Waals surface area contributed by atoms with Gasteiger partial charge in [0.25, 0.3) is 0 Å². The van der Waals surface area contributed by atoms with E-state index in [1.807, 2.05) is 34.6 Å². The molecule has 0 aliphatic rings. The first kappa shape index (κ1) is 22.5. The highest BCUT2D eigenvalue weighted by Gasteiger charge is 2.24. The van der Waals surface area contributed by atoms with Crippen LogP contribution in [0.15, 0.2) is 41.3 Å². The van der Waals surface area contributed by atoms with Crippen molar-refractivity contribution in [1.82, 2.24) is 19.5 Å². The molecule has 0 fully saturated rings. The third-order valence-corrected chi connectivity index (χ3v) is 5.55. The van der Waals surface area contributed by atoms with E-state index in [2.05, 4.69) is 15.0 Å². The molecule has 0 spiro atoms. The number of aryl methyl sites for hydroxylation is 1. The van der Waals surface area contributed by atoms with Gasteiger partial charge >= 0.3 is 5.69 Å². The van der Waals surface area contributed by atoms with Gasteiger partial charge in [0.2, 0.25) is 0 Å². The zero-order chi connectivity index (χ0) is 24.0. The Morgan fingerprint density at radius 2 is 1.67 bits per heavy atom. The molecule has 4 aromatic rings. The molecule has 0 bridgehead atoms. The van der Waals surface area contributed by atoms with Gasteiger partial charge in [-0.25, -0.2) is 23.1 Å². The lowest BCUT2D eigenvalue weighted by atomic mass is 10.0. The fourth-order valence-electron chi connectivity index (χ4n) is 3.99. The summed E-state index contributed by atoms with van der Waals surface area (Å²) in [5, 5.41) is 10.6. The van der Waals surface area contributed by atoms with E-state index in [0.717, 1.165) is 11.6 Å². The number of aromatic hydroxyl groups is 1. The summed E-state index contributed by atoms with van der Waals surface area (Å²) in [5.74, 6) is -2.32. The van der Waals surface area contributed by atoms with Gasteiger partial charge in [0.15, 0.2) is 11.5 Å². The number of benzene rings is 1. The van der Waals surface area contributed by atoms with E-state index in [1.54, 1.807) is 12.3 Å². The lowest BCUT2D eigenvalue weighted by Gasteiger charge is -2.20. The fraction of sp³-hybridized carbons (Fsp3) is 0.280. The second kappa shape index (κ2) is 8.35. The largest absolute Gasteiger partial charge is 0.507 e. The van der Waals surface area contributed by atoms with Crippen LogP contribution < -0.4 is 5.69 Å². The maximum absolute atomic E-state index is 15.3. The predicted molar refractivity (Wildman–Crippen MR) is 123 cm³/mol. The van der Waals surface area contributed by atoms with Gasteiger partial charge in [-0.15, -0.1) is 0 Å². The van der Waals surface area contributed by atoms with Crippen molar-refractivity contribution in [3.63, 3.8) is 0 Å².